The molecule has 0 spiro atoms. The summed E-state index contributed by atoms with van der Waals surface area (Å²) in [4.78, 5) is 20.2. The molecule has 1 aromatic carbocycles. The van der Waals surface area contributed by atoms with Crippen molar-refractivity contribution in [2.24, 2.45) is 5.29 Å². The Bertz CT molecular complexity index is 287. The third-order valence-electron chi connectivity index (χ3n) is 1.35. The van der Waals surface area contributed by atoms with E-state index in [-0.39, 0.29) is 6.61 Å². The van der Waals surface area contributed by atoms with Crippen LogP contribution in [0.25, 0.3) is 0 Å². The molecule has 0 aromatic heterocycles. The maximum atomic E-state index is 10.6. The number of benzene rings is 1. The molecule has 0 aliphatic heterocycles. The van der Waals surface area contributed by atoms with Gasteiger partial charge in [-0.1, -0.05) is 30.3 Å². The molecule has 0 saturated heterocycles. The van der Waals surface area contributed by atoms with Gasteiger partial charge in [-0.2, -0.15) is 5.43 Å². The summed E-state index contributed by atoms with van der Waals surface area (Å²) in [5.41, 5.74) is 2.47. The van der Waals surface area contributed by atoms with Crippen LogP contribution >= 0.6 is 0 Å². The van der Waals surface area contributed by atoms with E-state index in [9.17, 15) is 9.70 Å². The zero-order valence-electron chi connectivity index (χ0n) is 6.77. The Kier molecular flexibility index (Phi) is 3.44. The minimum absolute atomic E-state index is 0.127. The van der Waals surface area contributed by atoms with Crippen LogP contribution in [-0.2, 0) is 11.3 Å². The van der Waals surface area contributed by atoms with Crippen LogP contribution in [0.15, 0.2) is 35.6 Å². The quantitative estimate of drug-likeness (QED) is 0.567. The third-order valence-corrected chi connectivity index (χ3v) is 1.35. The van der Waals surface area contributed by atoms with E-state index < -0.39 is 6.09 Å². The Morgan fingerprint density at radius 1 is 1.38 bits per heavy atom. The number of rotatable bonds is 3. The minimum atomic E-state index is -0.848. The fourth-order valence-corrected chi connectivity index (χ4v) is 0.793. The predicted molar refractivity (Wildman–Crippen MR) is 45.6 cm³/mol. The number of ether oxygens (including phenoxy) is 1. The van der Waals surface area contributed by atoms with Crippen LogP contribution in [0.5, 0.6) is 0 Å². The summed E-state index contributed by atoms with van der Waals surface area (Å²) in [6.45, 7) is 0.127. The van der Waals surface area contributed by atoms with Gasteiger partial charge in [-0.05, 0) is 5.56 Å². The maximum Gasteiger partial charge on any atom is 0.430 e. The Morgan fingerprint density at radius 2 is 2.08 bits per heavy atom. The van der Waals surface area contributed by atoms with Gasteiger partial charge in [-0.25, -0.2) is 4.79 Å². The summed E-state index contributed by atoms with van der Waals surface area (Å²) in [7, 11) is 0. The monoisotopic (exact) mass is 180 g/mol. The molecule has 0 atom stereocenters. The van der Waals surface area contributed by atoms with Crippen LogP contribution in [-0.4, -0.2) is 6.09 Å². The topological polar surface area (TPSA) is 67.8 Å². The lowest BCUT2D eigenvalue weighted by Gasteiger charge is -2.01. The molecular formula is C8H8N2O3. The van der Waals surface area contributed by atoms with Gasteiger partial charge in [0.15, 0.2) is 0 Å². The number of carbonyl (C=O) groups is 1. The molecule has 0 aliphatic carbocycles. The molecule has 0 heterocycles. The van der Waals surface area contributed by atoms with Crippen molar-refractivity contribution in [2.45, 2.75) is 6.61 Å². The molecule has 13 heavy (non-hydrogen) atoms. The highest BCUT2D eigenvalue weighted by Gasteiger charge is 2.00. The second-order valence-electron chi connectivity index (χ2n) is 2.26. The first-order chi connectivity index (χ1) is 6.33. The zero-order valence-corrected chi connectivity index (χ0v) is 6.77. The fourth-order valence-electron chi connectivity index (χ4n) is 0.793. The second-order valence-corrected chi connectivity index (χ2v) is 2.26. The lowest BCUT2D eigenvalue weighted by molar-refractivity contribution is 0.140. The van der Waals surface area contributed by atoms with Gasteiger partial charge in [-0.15, -0.1) is 4.91 Å². The van der Waals surface area contributed by atoms with Crippen LogP contribution in [0, 0.1) is 4.91 Å². The predicted octanol–water partition coefficient (Wildman–Crippen LogP) is 1.59. The van der Waals surface area contributed by atoms with Crippen molar-refractivity contribution < 1.29 is 9.53 Å². The number of hydrogen-bond donors (Lipinski definition) is 1. The van der Waals surface area contributed by atoms with Crippen LogP contribution in [0.3, 0.4) is 0 Å². The lowest BCUT2D eigenvalue weighted by atomic mass is 10.2. The molecule has 0 fully saturated rings. The van der Waals surface area contributed by atoms with E-state index in [2.05, 4.69) is 10.0 Å². The molecule has 1 aromatic rings. The molecule has 68 valence electrons. The number of nitrogens with zero attached hydrogens (tertiary/aromatic N) is 1. The highest BCUT2D eigenvalue weighted by Crippen LogP contribution is 2.00. The molecule has 1 N–H and O–H groups in total. The first kappa shape index (κ1) is 9.18. The van der Waals surface area contributed by atoms with E-state index in [0.29, 0.717) is 0 Å². The standard InChI is InChI=1S/C8H8N2O3/c11-8(9-10-12)13-6-7-4-2-1-3-5-7/h1-5H,6H2,(H,9,11,12). The van der Waals surface area contributed by atoms with E-state index in [1.807, 2.05) is 30.3 Å². The van der Waals surface area contributed by atoms with Crippen molar-refractivity contribution in [3.05, 3.63) is 40.8 Å². The lowest BCUT2D eigenvalue weighted by Crippen LogP contribution is -2.17. The largest absolute Gasteiger partial charge is 0.443 e. The van der Waals surface area contributed by atoms with Crippen LogP contribution in [0.4, 0.5) is 4.79 Å². The summed E-state index contributed by atoms with van der Waals surface area (Å²) in [6, 6.07) is 9.13. The molecule has 0 bridgehead atoms. The van der Waals surface area contributed by atoms with E-state index >= 15 is 0 Å². The number of nitroso groups, excluding NO2 is 1. The van der Waals surface area contributed by atoms with Crippen molar-refractivity contribution in [1.29, 1.82) is 0 Å². The Morgan fingerprint density at radius 3 is 2.69 bits per heavy atom. The first-order valence-electron chi connectivity index (χ1n) is 3.62. The maximum absolute atomic E-state index is 10.6. The Hall–Kier alpha value is -1.91. The normalized spacial score (nSPS) is 8.92. The van der Waals surface area contributed by atoms with Gasteiger partial charge < -0.3 is 4.74 Å². The highest BCUT2D eigenvalue weighted by atomic mass is 16.6. The molecule has 1 rings (SSSR count). The van der Waals surface area contributed by atoms with Gasteiger partial charge in [0.05, 0.1) is 5.29 Å². The smallest absolute Gasteiger partial charge is 0.430 e. The van der Waals surface area contributed by atoms with Crippen molar-refractivity contribution in [3.63, 3.8) is 0 Å². The number of nitrogens with one attached hydrogen (secondary N) is 1. The van der Waals surface area contributed by atoms with Crippen LogP contribution in [0.2, 0.25) is 0 Å². The van der Waals surface area contributed by atoms with E-state index in [1.165, 1.54) is 0 Å². The summed E-state index contributed by atoms with van der Waals surface area (Å²) >= 11 is 0. The molecule has 0 aliphatic rings. The van der Waals surface area contributed by atoms with Gasteiger partial charge >= 0.3 is 6.09 Å². The van der Waals surface area contributed by atoms with Gasteiger partial charge in [0, 0.05) is 0 Å². The van der Waals surface area contributed by atoms with Crippen molar-refractivity contribution >= 4 is 6.09 Å². The molecule has 5 heteroatoms. The van der Waals surface area contributed by atoms with Crippen LogP contribution < -0.4 is 5.43 Å². The summed E-state index contributed by atoms with van der Waals surface area (Å²) in [5.74, 6) is 0. The molecule has 5 nitrogen and oxygen atoms in total. The van der Waals surface area contributed by atoms with Crippen LogP contribution in [0.1, 0.15) is 5.56 Å². The number of carbonyl (C=O) groups excluding carboxylic acids is 1. The van der Waals surface area contributed by atoms with Gasteiger partial charge in [0.25, 0.3) is 0 Å². The Balaban J connectivity index is 2.35. The molecule has 1 amide bonds. The van der Waals surface area contributed by atoms with E-state index in [4.69, 9.17) is 0 Å². The van der Waals surface area contributed by atoms with Gasteiger partial charge in [0.1, 0.15) is 6.61 Å². The second kappa shape index (κ2) is 4.87. The van der Waals surface area contributed by atoms with Crippen molar-refractivity contribution in [1.82, 2.24) is 5.43 Å². The molecular weight excluding hydrogens is 172 g/mol. The van der Waals surface area contributed by atoms with E-state index in [1.54, 1.807) is 5.43 Å². The average molecular weight is 180 g/mol. The SMILES string of the molecule is O=NNC(=O)OCc1ccccc1. The number of amides is 1. The van der Waals surface area contributed by atoms with Gasteiger partial charge in [-0.3, -0.25) is 0 Å². The number of hydrogen-bond acceptors (Lipinski definition) is 4. The summed E-state index contributed by atoms with van der Waals surface area (Å²) < 4.78 is 4.62. The van der Waals surface area contributed by atoms with E-state index in [0.717, 1.165) is 5.56 Å². The zero-order chi connectivity index (χ0) is 9.52. The molecule has 0 saturated carbocycles. The average Bonchev–Trinajstić information content (AvgIpc) is 2.17. The molecule has 0 unspecified atom stereocenters. The third kappa shape index (κ3) is 3.33. The highest BCUT2D eigenvalue weighted by molar-refractivity contribution is 5.66. The minimum Gasteiger partial charge on any atom is -0.443 e. The van der Waals surface area contributed by atoms with Crippen molar-refractivity contribution in [3.8, 4) is 0 Å². The van der Waals surface area contributed by atoms with Gasteiger partial charge in [0.2, 0.25) is 0 Å². The Labute approximate surface area is 74.7 Å². The first-order valence-corrected chi connectivity index (χ1v) is 3.62. The molecule has 0 radical (unpaired) electrons. The summed E-state index contributed by atoms with van der Waals surface area (Å²) in [5, 5.41) is 2.17. The van der Waals surface area contributed by atoms with Crippen molar-refractivity contribution in [2.75, 3.05) is 0 Å². The fraction of sp³-hybridized carbons (Fsp3) is 0.125. The summed E-state index contributed by atoms with van der Waals surface area (Å²) in [6.07, 6.45) is -0.848.